The number of likely N-dealkylation sites (N-methyl/N-ethyl adjacent to an activating group) is 1. The molecular weight excluding hydrogens is 238 g/mol. The zero-order valence-electron chi connectivity index (χ0n) is 12.0. The molecule has 1 aliphatic rings. The summed E-state index contributed by atoms with van der Waals surface area (Å²) in [5.41, 5.74) is 1.35. The van der Waals surface area contributed by atoms with Gasteiger partial charge in [0, 0.05) is 18.6 Å². The number of ether oxygens (including phenoxy) is 2. The number of rotatable bonds is 7. The van der Waals surface area contributed by atoms with E-state index in [1.54, 1.807) is 0 Å². The minimum Gasteiger partial charge on any atom is -0.492 e. The molecule has 0 bridgehead atoms. The molecule has 0 amide bonds. The molecule has 2 atom stereocenters. The first-order valence-corrected chi connectivity index (χ1v) is 7.36. The molecule has 2 rings (SSSR count). The van der Waals surface area contributed by atoms with E-state index in [2.05, 4.69) is 43.4 Å². The number of hydrogen-bond donors (Lipinski definition) is 1. The second-order valence-electron chi connectivity index (χ2n) is 5.10. The molecule has 0 spiro atoms. The van der Waals surface area contributed by atoms with Crippen molar-refractivity contribution in [2.75, 3.05) is 26.4 Å². The van der Waals surface area contributed by atoms with Gasteiger partial charge in [-0.1, -0.05) is 26.0 Å². The van der Waals surface area contributed by atoms with Crippen molar-refractivity contribution in [3.63, 3.8) is 0 Å². The SMILES string of the molecule is CCNC(COc1ccc(CC)cc1)C1CCOC1. The van der Waals surface area contributed by atoms with Gasteiger partial charge in [0.15, 0.2) is 0 Å². The molecule has 3 nitrogen and oxygen atoms in total. The smallest absolute Gasteiger partial charge is 0.119 e. The fourth-order valence-electron chi connectivity index (χ4n) is 2.50. The first-order chi connectivity index (χ1) is 9.33. The average molecular weight is 263 g/mol. The molecule has 1 aromatic carbocycles. The van der Waals surface area contributed by atoms with Crippen LogP contribution in [0.2, 0.25) is 0 Å². The Morgan fingerprint density at radius 2 is 2.11 bits per heavy atom. The van der Waals surface area contributed by atoms with Crippen molar-refractivity contribution in [1.29, 1.82) is 0 Å². The molecule has 0 aromatic heterocycles. The van der Waals surface area contributed by atoms with E-state index in [1.807, 2.05) is 0 Å². The number of benzene rings is 1. The van der Waals surface area contributed by atoms with Gasteiger partial charge in [0.1, 0.15) is 12.4 Å². The second kappa shape index (κ2) is 7.51. The maximum atomic E-state index is 5.91. The first kappa shape index (κ1) is 14.4. The van der Waals surface area contributed by atoms with Crippen LogP contribution in [0, 0.1) is 5.92 Å². The molecular formula is C16H25NO2. The summed E-state index contributed by atoms with van der Waals surface area (Å²) >= 11 is 0. The maximum absolute atomic E-state index is 5.91. The van der Waals surface area contributed by atoms with Crippen LogP contribution in [-0.2, 0) is 11.2 Å². The van der Waals surface area contributed by atoms with Gasteiger partial charge in [-0.2, -0.15) is 0 Å². The van der Waals surface area contributed by atoms with Crippen molar-refractivity contribution in [3.8, 4) is 5.75 Å². The van der Waals surface area contributed by atoms with Gasteiger partial charge in [0.25, 0.3) is 0 Å². The van der Waals surface area contributed by atoms with Crippen molar-refractivity contribution in [2.45, 2.75) is 32.7 Å². The van der Waals surface area contributed by atoms with Gasteiger partial charge in [-0.25, -0.2) is 0 Å². The fraction of sp³-hybridized carbons (Fsp3) is 0.625. The molecule has 1 N–H and O–H groups in total. The van der Waals surface area contributed by atoms with E-state index in [-0.39, 0.29) is 0 Å². The molecule has 0 aliphatic carbocycles. The van der Waals surface area contributed by atoms with Crippen LogP contribution >= 0.6 is 0 Å². The van der Waals surface area contributed by atoms with Crippen LogP contribution in [0.3, 0.4) is 0 Å². The number of nitrogens with one attached hydrogen (secondary N) is 1. The topological polar surface area (TPSA) is 30.5 Å². The van der Waals surface area contributed by atoms with E-state index in [4.69, 9.17) is 9.47 Å². The number of hydrogen-bond acceptors (Lipinski definition) is 3. The Labute approximate surface area is 116 Å². The summed E-state index contributed by atoms with van der Waals surface area (Å²) in [6.45, 7) is 7.73. The third kappa shape index (κ3) is 4.22. The van der Waals surface area contributed by atoms with Gasteiger partial charge in [0.05, 0.1) is 6.61 Å². The summed E-state index contributed by atoms with van der Waals surface area (Å²) in [5, 5.41) is 3.51. The zero-order chi connectivity index (χ0) is 13.5. The maximum Gasteiger partial charge on any atom is 0.119 e. The van der Waals surface area contributed by atoms with Crippen molar-refractivity contribution < 1.29 is 9.47 Å². The van der Waals surface area contributed by atoms with Crippen molar-refractivity contribution in [3.05, 3.63) is 29.8 Å². The van der Waals surface area contributed by atoms with Crippen LogP contribution in [-0.4, -0.2) is 32.4 Å². The standard InChI is InChI=1S/C16H25NO2/c1-3-13-5-7-15(8-6-13)19-12-16(17-4-2)14-9-10-18-11-14/h5-8,14,16-17H,3-4,9-12H2,1-2H3. The molecule has 1 aromatic rings. The summed E-state index contributed by atoms with van der Waals surface area (Å²) in [5.74, 6) is 1.54. The van der Waals surface area contributed by atoms with E-state index in [0.29, 0.717) is 18.6 Å². The molecule has 2 unspecified atom stereocenters. The highest BCUT2D eigenvalue weighted by molar-refractivity contribution is 5.27. The monoisotopic (exact) mass is 263 g/mol. The molecule has 1 aliphatic heterocycles. The van der Waals surface area contributed by atoms with E-state index in [9.17, 15) is 0 Å². The summed E-state index contributed by atoms with van der Waals surface area (Å²) in [6, 6.07) is 8.78. The highest BCUT2D eigenvalue weighted by Gasteiger charge is 2.25. The average Bonchev–Trinajstić information content (AvgIpc) is 2.98. The Morgan fingerprint density at radius 3 is 2.68 bits per heavy atom. The van der Waals surface area contributed by atoms with Gasteiger partial charge in [0.2, 0.25) is 0 Å². The highest BCUT2D eigenvalue weighted by atomic mass is 16.5. The Balaban J connectivity index is 1.86. The second-order valence-corrected chi connectivity index (χ2v) is 5.10. The summed E-state index contributed by atoms with van der Waals surface area (Å²) < 4.78 is 11.4. The molecule has 0 saturated carbocycles. The first-order valence-electron chi connectivity index (χ1n) is 7.36. The van der Waals surface area contributed by atoms with Crippen LogP contribution in [0.25, 0.3) is 0 Å². The van der Waals surface area contributed by atoms with Crippen molar-refractivity contribution in [1.82, 2.24) is 5.32 Å². The lowest BCUT2D eigenvalue weighted by Gasteiger charge is -2.23. The molecule has 1 heterocycles. The lowest BCUT2D eigenvalue weighted by molar-refractivity contribution is 0.161. The van der Waals surface area contributed by atoms with Gasteiger partial charge >= 0.3 is 0 Å². The summed E-state index contributed by atoms with van der Waals surface area (Å²) in [7, 11) is 0. The molecule has 1 fully saturated rings. The van der Waals surface area contributed by atoms with E-state index in [1.165, 1.54) is 5.56 Å². The van der Waals surface area contributed by atoms with Crippen LogP contribution < -0.4 is 10.1 Å². The van der Waals surface area contributed by atoms with Crippen molar-refractivity contribution >= 4 is 0 Å². The minimum atomic E-state index is 0.387. The lowest BCUT2D eigenvalue weighted by Crippen LogP contribution is -2.41. The Morgan fingerprint density at radius 1 is 1.32 bits per heavy atom. The summed E-state index contributed by atoms with van der Waals surface area (Å²) in [4.78, 5) is 0. The predicted octanol–water partition coefficient (Wildman–Crippen LogP) is 2.64. The zero-order valence-corrected chi connectivity index (χ0v) is 12.0. The summed E-state index contributed by atoms with van der Waals surface area (Å²) in [6.07, 6.45) is 2.20. The minimum absolute atomic E-state index is 0.387. The number of aryl methyl sites for hydroxylation is 1. The van der Waals surface area contributed by atoms with Crippen LogP contribution in [0.1, 0.15) is 25.8 Å². The molecule has 106 valence electrons. The predicted molar refractivity (Wildman–Crippen MR) is 77.7 cm³/mol. The Hall–Kier alpha value is -1.06. The normalized spacial score (nSPS) is 20.4. The largest absolute Gasteiger partial charge is 0.492 e. The van der Waals surface area contributed by atoms with Gasteiger partial charge in [-0.3, -0.25) is 0 Å². The molecule has 1 saturated heterocycles. The third-order valence-electron chi connectivity index (χ3n) is 3.76. The van der Waals surface area contributed by atoms with E-state index < -0.39 is 0 Å². The van der Waals surface area contributed by atoms with Crippen LogP contribution in [0.4, 0.5) is 0 Å². The molecule has 0 radical (unpaired) electrons. The molecule has 3 heteroatoms. The van der Waals surface area contributed by atoms with E-state index >= 15 is 0 Å². The van der Waals surface area contributed by atoms with Crippen LogP contribution in [0.15, 0.2) is 24.3 Å². The van der Waals surface area contributed by atoms with Crippen LogP contribution in [0.5, 0.6) is 5.75 Å². The Kier molecular flexibility index (Phi) is 5.67. The third-order valence-corrected chi connectivity index (χ3v) is 3.76. The van der Waals surface area contributed by atoms with Gasteiger partial charge in [-0.05, 0) is 37.1 Å². The van der Waals surface area contributed by atoms with Gasteiger partial charge < -0.3 is 14.8 Å². The quantitative estimate of drug-likeness (QED) is 0.820. The highest BCUT2D eigenvalue weighted by Crippen LogP contribution is 2.19. The fourth-order valence-corrected chi connectivity index (χ4v) is 2.50. The van der Waals surface area contributed by atoms with E-state index in [0.717, 1.165) is 38.3 Å². The molecule has 19 heavy (non-hydrogen) atoms. The van der Waals surface area contributed by atoms with Gasteiger partial charge in [-0.15, -0.1) is 0 Å². The lowest BCUT2D eigenvalue weighted by atomic mass is 10.00. The Bertz CT molecular complexity index is 358. The van der Waals surface area contributed by atoms with Crippen molar-refractivity contribution in [2.24, 2.45) is 5.92 Å².